The van der Waals surface area contributed by atoms with Crippen molar-refractivity contribution >= 4 is 34.1 Å². The third-order valence-corrected chi connectivity index (χ3v) is 4.84. The van der Waals surface area contributed by atoms with Crippen molar-refractivity contribution in [3.8, 4) is 22.8 Å². The van der Waals surface area contributed by atoms with E-state index in [1.807, 2.05) is 19.9 Å². The van der Waals surface area contributed by atoms with Crippen LogP contribution >= 0.6 is 11.3 Å². The molecule has 0 atom stereocenters. The first-order valence-corrected chi connectivity index (χ1v) is 10.3. The van der Waals surface area contributed by atoms with Crippen LogP contribution in [0.3, 0.4) is 0 Å². The van der Waals surface area contributed by atoms with E-state index in [1.54, 1.807) is 42.8 Å². The van der Waals surface area contributed by atoms with E-state index in [0.29, 0.717) is 22.3 Å². The van der Waals surface area contributed by atoms with Crippen molar-refractivity contribution in [3.05, 3.63) is 69.6 Å². The van der Waals surface area contributed by atoms with Gasteiger partial charge in [0.25, 0.3) is 5.69 Å². The molecule has 3 aromatic rings. The molecule has 0 bridgehead atoms. The van der Waals surface area contributed by atoms with Gasteiger partial charge in [-0.05, 0) is 49.8 Å². The van der Waals surface area contributed by atoms with E-state index in [4.69, 9.17) is 9.47 Å². The van der Waals surface area contributed by atoms with Crippen LogP contribution in [0.15, 0.2) is 53.9 Å². The van der Waals surface area contributed by atoms with E-state index < -0.39 is 4.92 Å². The van der Waals surface area contributed by atoms with Crippen LogP contribution in [0.4, 0.5) is 10.8 Å². The fourth-order valence-corrected chi connectivity index (χ4v) is 3.40. The number of thiazole rings is 1. The number of carbonyl (C=O) groups is 1. The second-order valence-corrected chi connectivity index (χ2v) is 7.60. The van der Waals surface area contributed by atoms with Crippen LogP contribution in [-0.4, -0.2) is 29.0 Å². The summed E-state index contributed by atoms with van der Waals surface area (Å²) in [5.74, 6) is 0.899. The quantitative estimate of drug-likeness (QED) is 0.295. The summed E-state index contributed by atoms with van der Waals surface area (Å²) < 4.78 is 11.0. The molecule has 0 aliphatic heterocycles. The van der Waals surface area contributed by atoms with Crippen molar-refractivity contribution in [1.29, 1.82) is 0 Å². The average molecular weight is 439 g/mol. The highest BCUT2D eigenvalue weighted by Crippen LogP contribution is 2.30. The van der Waals surface area contributed by atoms with Crippen molar-refractivity contribution < 1.29 is 19.2 Å². The van der Waals surface area contributed by atoms with Crippen molar-refractivity contribution in [2.24, 2.45) is 0 Å². The van der Waals surface area contributed by atoms with Gasteiger partial charge in [-0.2, -0.15) is 0 Å². The maximum absolute atomic E-state index is 12.3. The zero-order chi connectivity index (χ0) is 22.4. The Hall–Kier alpha value is -3.72. The summed E-state index contributed by atoms with van der Waals surface area (Å²) in [6.07, 6.45) is 3.10. The zero-order valence-electron chi connectivity index (χ0n) is 17.2. The molecule has 0 aliphatic carbocycles. The minimum Gasteiger partial charge on any atom is -0.493 e. The molecule has 0 saturated heterocycles. The van der Waals surface area contributed by atoms with Crippen LogP contribution in [0.2, 0.25) is 0 Å². The normalized spacial score (nSPS) is 11.0. The van der Waals surface area contributed by atoms with Gasteiger partial charge in [0.1, 0.15) is 0 Å². The lowest BCUT2D eigenvalue weighted by molar-refractivity contribution is -0.384. The standard InChI is InChI=1S/C22H21N3O5S/c1-14(2)30-19-10-4-15(12-20(19)29-3)5-11-21(26)24-22-23-18(13-31-22)16-6-8-17(9-7-16)25(27)28/h4-14H,1-3H3,(H,23,24,26)/b11-5+. The number of methoxy groups -OCH3 is 1. The fourth-order valence-electron chi connectivity index (χ4n) is 2.68. The van der Waals surface area contributed by atoms with Crippen LogP contribution in [0.25, 0.3) is 17.3 Å². The van der Waals surface area contributed by atoms with E-state index in [1.165, 1.54) is 29.5 Å². The topological polar surface area (TPSA) is 104 Å². The summed E-state index contributed by atoms with van der Waals surface area (Å²) in [6, 6.07) is 11.5. The van der Waals surface area contributed by atoms with E-state index >= 15 is 0 Å². The lowest BCUT2D eigenvalue weighted by atomic mass is 10.1. The number of hydrogen-bond acceptors (Lipinski definition) is 7. The molecule has 31 heavy (non-hydrogen) atoms. The first-order chi connectivity index (χ1) is 14.9. The maximum Gasteiger partial charge on any atom is 0.269 e. The largest absolute Gasteiger partial charge is 0.493 e. The van der Waals surface area contributed by atoms with Gasteiger partial charge in [-0.15, -0.1) is 11.3 Å². The smallest absolute Gasteiger partial charge is 0.269 e. The first kappa shape index (κ1) is 22.0. The second-order valence-electron chi connectivity index (χ2n) is 6.74. The van der Waals surface area contributed by atoms with Crippen molar-refractivity contribution in [2.45, 2.75) is 20.0 Å². The Morgan fingerprint density at radius 3 is 2.58 bits per heavy atom. The Labute approximate surface area is 183 Å². The number of nitrogens with zero attached hydrogens (tertiary/aromatic N) is 2. The van der Waals surface area contributed by atoms with Crippen LogP contribution in [0, 0.1) is 10.1 Å². The molecule has 0 saturated carbocycles. The van der Waals surface area contributed by atoms with Gasteiger partial charge >= 0.3 is 0 Å². The molecule has 0 aliphatic rings. The third-order valence-electron chi connectivity index (χ3n) is 4.09. The van der Waals surface area contributed by atoms with Gasteiger partial charge in [0.2, 0.25) is 5.91 Å². The van der Waals surface area contributed by atoms with Crippen molar-refractivity contribution in [1.82, 2.24) is 4.98 Å². The number of benzene rings is 2. The maximum atomic E-state index is 12.3. The first-order valence-electron chi connectivity index (χ1n) is 9.40. The molecular formula is C22H21N3O5S. The van der Waals surface area contributed by atoms with Gasteiger partial charge in [-0.3, -0.25) is 20.2 Å². The highest BCUT2D eigenvalue weighted by molar-refractivity contribution is 7.14. The molecule has 0 fully saturated rings. The molecule has 1 amide bonds. The minimum absolute atomic E-state index is 0.0121. The van der Waals surface area contributed by atoms with Crippen LogP contribution in [0.5, 0.6) is 11.5 Å². The van der Waals surface area contributed by atoms with Crippen molar-refractivity contribution in [2.75, 3.05) is 12.4 Å². The summed E-state index contributed by atoms with van der Waals surface area (Å²) in [6.45, 7) is 3.87. The Morgan fingerprint density at radius 2 is 1.94 bits per heavy atom. The lowest BCUT2D eigenvalue weighted by Gasteiger charge is -2.13. The summed E-state index contributed by atoms with van der Waals surface area (Å²) in [7, 11) is 1.56. The lowest BCUT2D eigenvalue weighted by Crippen LogP contribution is -2.07. The molecule has 9 heteroatoms. The molecular weight excluding hydrogens is 418 g/mol. The van der Waals surface area contributed by atoms with Crippen LogP contribution in [-0.2, 0) is 4.79 Å². The number of amides is 1. The SMILES string of the molecule is COc1cc(/C=C/C(=O)Nc2nc(-c3ccc([N+](=O)[O-])cc3)cs2)ccc1OC(C)C. The van der Waals surface area contributed by atoms with Gasteiger partial charge in [-0.25, -0.2) is 4.98 Å². The number of nitrogens with one attached hydrogen (secondary N) is 1. The number of carbonyl (C=O) groups excluding carboxylic acids is 1. The summed E-state index contributed by atoms with van der Waals surface area (Å²) in [5.41, 5.74) is 2.16. The van der Waals surface area contributed by atoms with Crippen molar-refractivity contribution in [3.63, 3.8) is 0 Å². The van der Waals surface area contributed by atoms with Gasteiger partial charge in [0, 0.05) is 29.2 Å². The number of ether oxygens (including phenoxy) is 2. The minimum atomic E-state index is -0.455. The molecule has 160 valence electrons. The Balaban J connectivity index is 1.64. The van der Waals surface area contributed by atoms with E-state index in [-0.39, 0.29) is 17.7 Å². The molecule has 2 aromatic carbocycles. The summed E-state index contributed by atoms with van der Waals surface area (Å²) >= 11 is 1.27. The number of nitro benzene ring substituents is 1. The van der Waals surface area contributed by atoms with Gasteiger partial charge in [-0.1, -0.05) is 6.07 Å². The Bertz CT molecular complexity index is 1110. The molecule has 8 nitrogen and oxygen atoms in total. The number of nitro groups is 1. The van der Waals surface area contributed by atoms with Gasteiger partial charge in [0.05, 0.1) is 23.8 Å². The Morgan fingerprint density at radius 1 is 1.19 bits per heavy atom. The second kappa shape index (κ2) is 9.86. The van der Waals surface area contributed by atoms with E-state index in [9.17, 15) is 14.9 Å². The van der Waals surface area contributed by atoms with Gasteiger partial charge < -0.3 is 9.47 Å². The van der Waals surface area contributed by atoms with E-state index in [0.717, 1.165) is 11.1 Å². The molecule has 1 aromatic heterocycles. The highest BCUT2D eigenvalue weighted by Gasteiger charge is 2.10. The zero-order valence-corrected chi connectivity index (χ0v) is 18.0. The summed E-state index contributed by atoms with van der Waals surface area (Å²) in [4.78, 5) is 26.9. The number of hydrogen-bond donors (Lipinski definition) is 1. The summed E-state index contributed by atoms with van der Waals surface area (Å²) in [5, 5.41) is 15.7. The average Bonchev–Trinajstić information content (AvgIpc) is 3.21. The number of rotatable bonds is 8. The molecule has 1 heterocycles. The molecule has 3 rings (SSSR count). The van der Waals surface area contributed by atoms with Gasteiger partial charge in [0.15, 0.2) is 16.6 Å². The molecule has 1 N–H and O–H groups in total. The Kier molecular flexibility index (Phi) is 6.99. The molecule has 0 radical (unpaired) electrons. The van der Waals surface area contributed by atoms with E-state index in [2.05, 4.69) is 10.3 Å². The predicted molar refractivity (Wildman–Crippen MR) is 121 cm³/mol. The predicted octanol–water partition coefficient (Wildman–Crippen LogP) is 5.17. The fraction of sp³-hybridized carbons (Fsp3) is 0.182. The molecule has 0 spiro atoms. The number of anilines is 1. The third kappa shape index (κ3) is 5.89. The number of non-ortho nitro benzene ring substituents is 1. The monoisotopic (exact) mass is 439 g/mol. The molecule has 0 unspecified atom stereocenters. The highest BCUT2D eigenvalue weighted by atomic mass is 32.1. The number of aromatic nitrogens is 1. The van der Waals surface area contributed by atoms with Crippen LogP contribution in [0.1, 0.15) is 19.4 Å². The van der Waals surface area contributed by atoms with Crippen LogP contribution < -0.4 is 14.8 Å².